The van der Waals surface area contributed by atoms with Gasteiger partial charge in [-0.3, -0.25) is 9.59 Å². The van der Waals surface area contributed by atoms with Crippen LogP contribution in [0.15, 0.2) is 30.3 Å². The van der Waals surface area contributed by atoms with E-state index in [1.54, 1.807) is 25.7 Å². The van der Waals surface area contributed by atoms with Gasteiger partial charge >= 0.3 is 12.1 Å². The van der Waals surface area contributed by atoms with Gasteiger partial charge in [0.2, 0.25) is 11.8 Å². The van der Waals surface area contributed by atoms with E-state index < -0.39 is 35.3 Å². The average Bonchev–Trinajstić information content (AvgIpc) is 3.20. The number of hydrogen-bond donors (Lipinski definition) is 2. The number of alkyl carbamates (subject to hydrolysis) is 1. The molecule has 2 aliphatic heterocycles. The largest absolute Gasteiger partial charge is 0.467 e. The van der Waals surface area contributed by atoms with Crippen molar-refractivity contribution in [2.24, 2.45) is 0 Å². The Kier molecular flexibility index (Phi) is 7.29. The zero-order valence-electron chi connectivity index (χ0n) is 19.7. The van der Waals surface area contributed by atoms with E-state index in [4.69, 9.17) is 9.47 Å². The molecule has 180 valence electrons. The molecule has 2 heterocycles. The molecule has 2 N–H and O–H groups in total. The van der Waals surface area contributed by atoms with Crippen LogP contribution in [-0.4, -0.2) is 65.7 Å². The van der Waals surface area contributed by atoms with Crippen molar-refractivity contribution in [2.75, 3.05) is 13.7 Å². The summed E-state index contributed by atoms with van der Waals surface area (Å²) >= 11 is 0. The van der Waals surface area contributed by atoms with Gasteiger partial charge in [0.15, 0.2) is 0 Å². The summed E-state index contributed by atoms with van der Waals surface area (Å²) in [6.07, 6.45) is 1.48. The van der Waals surface area contributed by atoms with E-state index in [9.17, 15) is 19.2 Å². The summed E-state index contributed by atoms with van der Waals surface area (Å²) in [5.74, 6) is -1.22. The second-order valence-electron chi connectivity index (χ2n) is 9.60. The number of methoxy groups -OCH3 is 1. The Morgan fingerprint density at radius 3 is 2.52 bits per heavy atom. The van der Waals surface area contributed by atoms with Gasteiger partial charge < -0.3 is 25.0 Å². The van der Waals surface area contributed by atoms with E-state index >= 15 is 0 Å². The first-order valence-corrected chi connectivity index (χ1v) is 11.3. The lowest BCUT2D eigenvalue weighted by Crippen LogP contribution is -2.66. The van der Waals surface area contributed by atoms with Crippen molar-refractivity contribution in [3.05, 3.63) is 35.9 Å². The van der Waals surface area contributed by atoms with Gasteiger partial charge in [-0.2, -0.15) is 0 Å². The van der Waals surface area contributed by atoms with Crippen LogP contribution in [-0.2, 0) is 30.3 Å². The minimum atomic E-state index is -1.04. The maximum absolute atomic E-state index is 13.5. The molecule has 0 radical (unpaired) electrons. The SMILES string of the molecule is COC(=O)[C@H](Cc1ccccc1)NC(=O)[C@@]12CCCN1C(=O)[C@H](NC(=O)OC(C)(C)C)CC2. The fraction of sp³-hybridized carbons (Fsp3) is 0.583. The zero-order valence-corrected chi connectivity index (χ0v) is 19.7. The number of rotatable bonds is 6. The van der Waals surface area contributed by atoms with E-state index in [1.807, 2.05) is 30.3 Å². The molecular formula is C24H33N3O6. The quantitative estimate of drug-likeness (QED) is 0.629. The molecule has 9 nitrogen and oxygen atoms in total. The second-order valence-corrected chi connectivity index (χ2v) is 9.60. The molecule has 2 aliphatic rings. The molecule has 9 heteroatoms. The van der Waals surface area contributed by atoms with Crippen LogP contribution in [0.1, 0.15) is 52.0 Å². The van der Waals surface area contributed by atoms with Crippen molar-refractivity contribution < 1.29 is 28.7 Å². The van der Waals surface area contributed by atoms with Crippen molar-refractivity contribution >= 4 is 23.9 Å². The van der Waals surface area contributed by atoms with Crippen molar-refractivity contribution in [1.82, 2.24) is 15.5 Å². The number of nitrogens with zero attached hydrogens (tertiary/aromatic N) is 1. The van der Waals surface area contributed by atoms with Crippen LogP contribution in [0, 0.1) is 0 Å². The normalized spacial score (nSPS) is 23.3. The van der Waals surface area contributed by atoms with Crippen LogP contribution < -0.4 is 10.6 Å². The highest BCUT2D eigenvalue weighted by molar-refractivity contribution is 5.97. The molecule has 3 atom stereocenters. The maximum Gasteiger partial charge on any atom is 0.408 e. The minimum absolute atomic E-state index is 0.284. The van der Waals surface area contributed by atoms with E-state index in [0.717, 1.165) is 5.56 Å². The first kappa shape index (κ1) is 24.5. The van der Waals surface area contributed by atoms with E-state index in [1.165, 1.54) is 7.11 Å². The lowest BCUT2D eigenvalue weighted by atomic mass is 9.83. The van der Waals surface area contributed by atoms with Crippen LogP contribution in [0.5, 0.6) is 0 Å². The number of ether oxygens (including phenoxy) is 2. The van der Waals surface area contributed by atoms with Gasteiger partial charge in [-0.25, -0.2) is 9.59 Å². The molecule has 0 spiro atoms. The highest BCUT2D eigenvalue weighted by Gasteiger charge is 2.54. The van der Waals surface area contributed by atoms with Crippen LogP contribution in [0.2, 0.25) is 0 Å². The number of amides is 3. The number of hydrogen-bond acceptors (Lipinski definition) is 6. The highest BCUT2D eigenvalue weighted by atomic mass is 16.6. The lowest BCUT2D eigenvalue weighted by molar-refractivity contribution is -0.153. The fourth-order valence-electron chi connectivity index (χ4n) is 4.57. The number of esters is 1. The summed E-state index contributed by atoms with van der Waals surface area (Å²) < 4.78 is 10.2. The molecular weight excluding hydrogens is 426 g/mol. The summed E-state index contributed by atoms with van der Waals surface area (Å²) in [4.78, 5) is 52.7. The lowest BCUT2D eigenvalue weighted by Gasteiger charge is -2.44. The number of carbonyl (C=O) groups excluding carboxylic acids is 4. The molecule has 3 amide bonds. The molecule has 0 aromatic heterocycles. The molecule has 0 aliphatic carbocycles. The molecule has 2 fully saturated rings. The Morgan fingerprint density at radius 1 is 1.18 bits per heavy atom. The standard InChI is InChI=1S/C24H33N3O6/c1-23(2,3)33-22(31)26-17-11-13-24(12-8-14-27(24)19(17)28)21(30)25-18(20(29)32-4)15-16-9-6-5-7-10-16/h5-7,9-10,17-18H,8,11-15H2,1-4H3,(H,25,30)(H,26,31)/t17-,18+,24+/m1/s1. The molecule has 1 aromatic carbocycles. The molecule has 2 saturated heterocycles. The van der Waals surface area contributed by atoms with Gasteiger partial charge in [-0.15, -0.1) is 0 Å². The van der Waals surface area contributed by atoms with Gasteiger partial charge in [0.25, 0.3) is 0 Å². The van der Waals surface area contributed by atoms with Gasteiger partial charge in [-0.1, -0.05) is 30.3 Å². The zero-order chi connectivity index (χ0) is 24.2. The summed E-state index contributed by atoms with van der Waals surface area (Å²) in [5.41, 5.74) is -0.831. The third kappa shape index (κ3) is 5.64. The molecule has 33 heavy (non-hydrogen) atoms. The number of nitrogens with one attached hydrogen (secondary N) is 2. The third-order valence-electron chi connectivity index (χ3n) is 6.09. The monoisotopic (exact) mass is 459 g/mol. The molecule has 0 unspecified atom stereocenters. The van der Waals surface area contributed by atoms with E-state index in [-0.39, 0.29) is 18.2 Å². The summed E-state index contributed by atoms with van der Waals surface area (Å²) in [7, 11) is 1.28. The fourth-order valence-corrected chi connectivity index (χ4v) is 4.57. The number of carbonyl (C=O) groups is 4. The smallest absolute Gasteiger partial charge is 0.408 e. The highest BCUT2D eigenvalue weighted by Crippen LogP contribution is 2.39. The Labute approximate surface area is 194 Å². The topological polar surface area (TPSA) is 114 Å². The first-order valence-electron chi connectivity index (χ1n) is 11.3. The predicted molar refractivity (Wildman–Crippen MR) is 120 cm³/mol. The van der Waals surface area contributed by atoms with Crippen molar-refractivity contribution in [3.63, 3.8) is 0 Å². The Balaban J connectivity index is 1.72. The summed E-state index contributed by atoms with van der Waals surface area (Å²) in [6, 6.07) is 7.73. The average molecular weight is 460 g/mol. The number of benzene rings is 1. The number of piperidine rings is 1. The first-order chi connectivity index (χ1) is 15.6. The maximum atomic E-state index is 13.5. The van der Waals surface area contributed by atoms with Gasteiger partial charge in [0.1, 0.15) is 23.2 Å². The number of fused-ring (bicyclic) bond motifs is 1. The van der Waals surface area contributed by atoms with Crippen molar-refractivity contribution in [3.8, 4) is 0 Å². The predicted octanol–water partition coefficient (Wildman–Crippen LogP) is 1.94. The van der Waals surface area contributed by atoms with Crippen LogP contribution in [0.4, 0.5) is 4.79 Å². The van der Waals surface area contributed by atoms with E-state index in [2.05, 4.69) is 10.6 Å². The molecule has 0 saturated carbocycles. The summed E-state index contributed by atoms with van der Waals surface area (Å²) in [5, 5.41) is 5.47. The Morgan fingerprint density at radius 2 is 1.88 bits per heavy atom. The van der Waals surface area contributed by atoms with Crippen molar-refractivity contribution in [1.29, 1.82) is 0 Å². The Hall–Kier alpha value is -3.10. The molecule has 1 aromatic rings. The molecule has 0 bridgehead atoms. The van der Waals surface area contributed by atoms with Crippen LogP contribution in [0.3, 0.4) is 0 Å². The minimum Gasteiger partial charge on any atom is -0.467 e. The van der Waals surface area contributed by atoms with Crippen LogP contribution in [0.25, 0.3) is 0 Å². The van der Waals surface area contributed by atoms with Gasteiger partial charge in [0, 0.05) is 13.0 Å². The van der Waals surface area contributed by atoms with Crippen molar-refractivity contribution in [2.45, 2.75) is 76.1 Å². The van der Waals surface area contributed by atoms with Gasteiger partial charge in [0.05, 0.1) is 7.11 Å². The van der Waals surface area contributed by atoms with Crippen LogP contribution >= 0.6 is 0 Å². The molecule has 3 rings (SSSR count). The summed E-state index contributed by atoms with van der Waals surface area (Å²) in [6.45, 7) is 5.66. The third-order valence-corrected chi connectivity index (χ3v) is 6.09. The Bertz CT molecular complexity index is 897. The van der Waals surface area contributed by atoms with E-state index in [0.29, 0.717) is 32.2 Å². The second kappa shape index (κ2) is 9.80. The van der Waals surface area contributed by atoms with Gasteiger partial charge in [-0.05, 0) is 52.0 Å².